The Hall–Kier alpha value is -3.68. The van der Waals surface area contributed by atoms with Crippen LogP contribution in [0.5, 0.6) is 17.2 Å². The summed E-state index contributed by atoms with van der Waals surface area (Å²) in [4.78, 5) is 26.9. The number of benzene rings is 2. The molecular weight excluding hydrogens is 434 g/mol. The minimum absolute atomic E-state index is 0.0895. The minimum atomic E-state index is -0.0933. The maximum atomic E-state index is 12.6. The van der Waals surface area contributed by atoms with Gasteiger partial charge in [0.1, 0.15) is 6.54 Å². The molecule has 1 aromatic heterocycles. The van der Waals surface area contributed by atoms with Crippen LogP contribution in [0.2, 0.25) is 0 Å². The van der Waals surface area contributed by atoms with E-state index in [1.165, 1.54) is 0 Å². The molecule has 0 saturated heterocycles. The van der Waals surface area contributed by atoms with Crippen molar-refractivity contribution in [1.82, 2.24) is 9.47 Å². The number of hydrogen-bond donors (Lipinski definition) is 1. The van der Waals surface area contributed by atoms with Crippen molar-refractivity contribution < 1.29 is 23.8 Å². The largest absolute Gasteiger partial charge is 0.493 e. The van der Waals surface area contributed by atoms with Crippen LogP contribution in [0.1, 0.15) is 25.8 Å². The van der Waals surface area contributed by atoms with E-state index in [1.807, 2.05) is 65.9 Å². The normalized spacial score (nSPS) is 10.7. The molecule has 0 radical (unpaired) electrons. The molecule has 0 spiro atoms. The van der Waals surface area contributed by atoms with E-state index in [1.54, 1.807) is 21.3 Å². The first-order valence-corrected chi connectivity index (χ1v) is 11.4. The lowest BCUT2D eigenvalue weighted by Gasteiger charge is -2.19. The van der Waals surface area contributed by atoms with Gasteiger partial charge in [0.2, 0.25) is 17.6 Å². The van der Waals surface area contributed by atoms with Crippen LogP contribution in [0.25, 0.3) is 10.9 Å². The molecule has 0 fully saturated rings. The summed E-state index contributed by atoms with van der Waals surface area (Å²) in [6.45, 7) is 5.64. The molecule has 0 aliphatic carbocycles. The lowest BCUT2D eigenvalue weighted by Crippen LogP contribution is -2.33. The Labute approximate surface area is 200 Å². The number of fused-ring (bicyclic) bond motifs is 1. The minimum Gasteiger partial charge on any atom is -0.493 e. The Morgan fingerprint density at radius 1 is 0.941 bits per heavy atom. The number of ether oxygens (including phenoxy) is 3. The van der Waals surface area contributed by atoms with Crippen LogP contribution in [0.3, 0.4) is 0 Å². The van der Waals surface area contributed by atoms with Crippen molar-refractivity contribution in [2.75, 3.05) is 39.7 Å². The summed E-state index contributed by atoms with van der Waals surface area (Å²) in [5.74, 6) is 1.64. The van der Waals surface area contributed by atoms with Crippen LogP contribution < -0.4 is 19.5 Å². The van der Waals surface area contributed by atoms with Crippen LogP contribution in [0.15, 0.2) is 42.6 Å². The third-order valence-electron chi connectivity index (χ3n) is 5.84. The zero-order chi connectivity index (χ0) is 24.7. The summed E-state index contributed by atoms with van der Waals surface area (Å²) in [6, 6.07) is 11.4. The smallest absolute Gasteiger partial charge is 0.242 e. The van der Waals surface area contributed by atoms with E-state index in [-0.39, 0.29) is 11.8 Å². The predicted octanol–water partition coefficient (Wildman–Crippen LogP) is 4.11. The number of likely N-dealkylation sites (N-methyl/N-ethyl adjacent to an activating group) is 1. The van der Waals surface area contributed by atoms with Gasteiger partial charge in [-0.1, -0.05) is 0 Å². The second-order valence-corrected chi connectivity index (χ2v) is 7.87. The van der Waals surface area contributed by atoms with Gasteiger partial charge >= 0.3 is 0 Å². The van der Waals surface area contributed by atoms with Crippen molar-refractivity contribution in [3.05, 3.63) is 48.2 Å². The Kier molecular flexibility index (Phi) is 8.40. The van der Waals surface area contributed by atoms with E-state index in [0.29, 0.717) is 49.7 Å². The third kappa shape index (κ3) is 5.62. The molecule has 0 bridgehead atoms. The molecule has 0 saturated carbocycles. The maximum Gasteiger partial charge on any atom is 0.242 e. The molecule has 0 unspecified atom stereocenters. The number of nitrogens with zero attached hydrogens (tertiary/aromatic N) is 2. The molecular formula is C26H33N3O5. The molecule has 1 N–H and O–H groups in total. The van der Waals surface area contributed by atoms with Gasteiger partial charge in [-0.3, -0.25) is 9.59 Å². The Morgan fingerprint density at radius 3 is 2.21 bits per heavy atom. The molecule has 2 amide bonds. The van der Waals surface area contributed by atoms with Crippen LogP contribution in [-0.2, 0) is 22.6 Å². The number of methoxy groups -OCH3 is 3. The lowest BCUT2D eigenvalue weighted by molar-refractivity contribution is -0.131. The van der Waals surface area contributed by atoms with E-state index >= 15 is 0 Å². The van der Waals surface area contributed by atoms with Gasteiger partial charge in [0.25, 0.3) is 0 Å². The number of hydrogen-bond acceptors (Lipinski definition) is 5. The second-order valence-electron chi connectivity index (χ2n) is 7.87. The van der Waals surface area contributed by atoms with Gasteiger partial charge in [-0.25, -0.2) is 0 Å². The molecule has 0 aliphatic heterocycles. The van der Waals surface area contributed by atoms with Gasteiger partial charge in [0, 0.05) is 42.3 Å². The molecule has 0 atom stereocenters. The molecule has 8 nitrogen and oxygen atoms in total. The van der Waals surface area contributed by atoms with Gasteiger partial charge in [-0.15, -0.1) is 0 Å². The van der Waals surface area contributed by atoms with Crippen molar-refractivity contribution in [3.63, 3.8) is 0 Å². The van der Waals surface area contributed by atoms with Crippen molar-refractivity contribution >= 4 is 28.4 Å². The maximum absolute atomic E-state index is 12.6. The SMILES string of the molecule is CCN(CC)C(=O)Cn1ccc2cc(NC(=O)CCc3cc(OC)c(OC)c(OC)c3)ccc21. The number of aromatic nitrogens is 1. The zero-order valence-electron chi connectivity index (χ0n) is 20.5. The molecule has 2 aromatic carbocycles. The Bertz CT molecular complexity index is 1130. The van der Waals surface area contributed by atoms with Gasteiger partial charge in [0.05, 0.1) is 21.3 Å². The second kappa shape index (κ2) is 11.4. The summed E-state index contributed by atoms with van der Waals surface area (Å²) in [7, 11) is 4.69. The van der Waals surface area contributed by atoms with Gasteiger partial charge in [-0.2, -0.15) is 0 Å². The number of amides is 2. The van der Waals surface area contributed by atoms with Gasteiger partial charge in [0.15, 0.2) is 11.5 Å². The number of carbonyl (C=O) groups is 2. The molecule has 3 rings (SSSR count). The molecule has 34 heavy (non-hydrogen) atoms. The number of rotatable bonds is 11. The number of aryl methyl sites for hydroxylation is 1. The highest BCUT2D eigenvalue weighted by Crippen LogP contribution is 2.38. The average molecular weight is 468 g/mol. The highest BCUT2D eigenvalue weighted by atomic mass is 16.5. The Morgan fingerprint density at radius 2 is 1.62 bits per heavy atom. The van der Waals surface area contributed by atoms with Crippen molar-refractivity contribution in [2.45, 2.75) is 33.2 Å². The van der Waals surface area contributed by atoms with Crippen LogP contribution in [-0.4, -0.2) is 55.7 Å². The van der Waals surface area contributed by atoms with E-state index < -0.39 is 0 Å². The lowest BCUT2D eigenvalue weighted by atomic mass is 10.1. The monoisotopic (exact) mass is 467 g/mol. The van der Waals surface area contributed by atoms with Gasteiger partial charge in [-0.05, 0) is 62.2 Å². The van der Waals surface area contributed by atoms with Gasteiger partial charge < -0.3 is 29.0 Å². The summed E-state index contributed by atoms with van der Waals surface area (Å²) >= 11 is 0. The molecule has 8 heteroatoms. The van der Waals surface area contributed by atoms with Crippen LogP contribution in [0.4, 0.5) is 5.69 Å². The highest BCUT2D eigenvalue weighted by Gasteiger charge is 2.15. The molecule has 1 heterocycles. The summed E-state index contributed by atoms with van der Waals surface area (Å²) in [6.07, 6.45) is 2.73. The number of anilines is 1. The fourth-order valence-corrected chi connectivity index (χ4v) is 4.00. The van der Waals surface area contributed by atoms with Crippen molar-refractivity contribution in [1.29, 1.82) is 0 Å². The molecule has 0 aliphatic rings. The third-order valence-corrected chi connectivity index (χ3v) is 5.84. The summed E-state index contributed by atoms with van der Waals surface area (Å²) in [5.41, 5.74) is 2.58. The Balaban J connectivity index is 1.65. The topological polar surface area (TPSA) is 82.0 Å². The number of nitrogens with one attached hydrogen (secondary N) is 1. The fourth-order valence-electron chi connectivity index (χ4n) is 4.00. The summed E-state index contributed by atoms with van der Waals surface area (Å²) in [5, 5.41) is 3.93. The van der Waals surface area contributed by atoms with Crippen LogP contribution in [0, 0.1) is 0 Å². The quantitative estimate of drug-likeness (QED) is 0.459. The van der Waals surface area contributed by atoms with Crippen LogP contribution >= 0.6 is 0 Å². The summed E-state index contributed by atoms with van der Waals surface area (Å²) < 4.78 is 18.0. The first-order valence-electron chi connectivity index (χ1n) is 11.4. The molecule has 182 valence electrons. The molecule has 3 aromatic rings. The van der Waals surface area contributed by atoms with E-state index in [0.717, 1.165) is 22.2 Å². The van der Waals surface area contributed by atoms with E-state index in [4.69, 9.17) is 14.2 Å². The van der Waals surface area contributed by atoms with E-state index in [2.05, 4.69) is 5.32 Å². The fraction of sp³-hybridized carbons (Fsp3) is 0.385. The van der Waals surface area contributed by atoms with Crippen molar-refractivity contribution in [2.24, 2.45) is 0 Å². The standard InChI is InChI=1S/C26H33N3O5/c1-6-28(7-2)25(31)17-29-13-12-19-16-20(9-10-21(19)29)27-24(30)11-8-18-14-22(32-3)26(34-5)23(15-18)33-4/h9-10,12-16H,6-8,11,17H2,1-5H3,(H,27,30). The predicted molar refractivity (Wildman–Crippen MR) is 133 cm³/mol. The zero-order valence-corrected chi connectivity index (χ0v) is 20.5. The first-order chi connectivity index (χ1) is 16.4. The van der Waals surface area contributed by atoms with E-state index in [9.17, 15) is 9.59 Å². The average Bonchev–Trinajstić information content (AvgIpc) is 3.24. The highest BCUT2D eigenvalue weighted by molar-refractivity contribution is 5.94. The first kappa shape index (κ1) is 25.0. The number of carbonyl (C=O) groups excluding carboxylic acids is 2. The van der Waals surface area contributed by atoms with Crippen molar-refractivity contribution in [3.8, 4) is 17.2 Å².